The van der Waals surface area contributed by atoms with Gasteiger partial charge in [0.05, 0.1) is 11.9 Å². The molecule has 26 heavy (non-hydrogen) atoms. The molecule has 0 radical (unpaired) electrons. The fourth-order valence-corrected chi connectivity index (χ4v) is 3.55. The SMILES string of the molecule is Cc1c(NC2CCCCC2)nn2c(C#N)cnc2c1Nc1ccccc1. The number of nitrogens with zero attached hydrogens (tertiary/aromatic N) is 4. The maximum Gasteiger partial charge on any atom is 0.179 e. The molecule has 4 rings (SSSR count). The van der Waals surface area contributed by atoms with Crippen LogP contribution in [0.1, 0.15) is 43.4 Å². The largest absolute Gasteiger partial charge is 0.366 e. The predicted octanol–water partition coefficient (Wildman–Crippen LogP) is 4.40. The van der Waals surface area contributed by atoms with E-state index >= 15 is 0 Å². The lowest BCUT2D eigenvalue weighted by atomic mass is 9.95. The van der Waals surface area contributed by atoms with Crippen molar-refractivity contribution >= 4 is 22.8 Å². The molecule has 1 saturated carbocycles. The molecule has 1 fully saturated rings. The Balaban J connectivity index is 1.78. The first-order chi connectivity index (χ1) is 12.8. The average molecular weight is 346 g/mol. The molecule has 2 N–H and O–H groups in total. The van der Waals surface area contributed by atoms with Gasteiger partial charge in [-0.2, -0.15) is 9.78 Å². The number of rotatable bonds is 4. The van der Waals surface area contributed by atoms with E-state index in [4.69, 9.17) is 0 Å². The van der Waals surface area contributed by atoms with Crippen molar-refractivity contribution in [2.24, 2.45) is 0 Å². The first kappa shape index (κ1) is 16.4. The van der Waals surface area contributed by atoms with Gasteiger partial charge in [-0.15, -0.1) is 5.10 Å². The van der Waals surface area contributed by atoms with Crippen molar-refractivity contribution in [1.82, 2.24) is 14.6 Å². The maximum atomic E-state index is 9.40. The number of anilines is 3. The summed E-state index contributed by atoms with van der Waals surface area (Å²) >= 11 is 0. The van der Waals surface area contributed by atoms with Gasteiger partial charge >= 0.3 is 0 Å². The second-order valence-electron chi connectivity index (χ2n) is 6.81. The molecule has 3 aromatic rings. The van der Waals surface area contributed by atoms with Gasteiger partial charge in [0.1, 0.15) is 6.07 Å². The summed E-state index contributed by atoms with van der Waals surface area (Å²) in [5.41, 5.74) is 3.97. The molecule has 0 unspecified atom stereocenters. The van der Waals surface area contributed by atoms with Gasteiger partial charge in [0, 0.05) is 17.3 Å². The van der Waals surface area contributed by atoms with Crippen LogP contribution in [0.15, 0.2) is 36.5 Å². The minimum atomic E-state index is 0.433. The van der Waals surface area contributed by atoms with E-state index < -0.39 is 0 Å². The van der Waals surface area contributed by atoms with Gasteiger partial charge in [-0.25, -0.2) is 4.98 Å². The Bertz CT molecular complexity index is 948. The van der Waals surface area contributed by atoms with Gasteiger partial charge in [-0.1, -0.05) is 37.5 Å². The third-order valence-corrected chi connectivity index (χ3v) is 5.00. The summed E-state index contributed by atoms with van der Waals surface area (Å²) in [5, 5.41) is 21.1. The van der Waals surface area contributed by atoms with Crippen molar-refractivity contribution in [3.05, 3.63) is 47.8 Å². The minimum absolute atomic E-state index is 0.433. The molecule has 0 bridgehead atoms. The van der Waals surface area contributed by atoms with Crippen molar-refractivity contribution < 1.29 is 0 Å². The van der Waals surface area contributed by atoms with Crippen LogP contribution >= 0.6 is 0 Å². The Kier molecular flexibility index (Phi) is 4.44. The molecule has 0 atom stereocenters. The van der Waals surface area contributed by atoms with E-state index in [1.165, 1.54) is 19.3 Å². The van der Waals surface area contributed by atoms with Gasteiger partial charge in [0.25, 0.3) is 0 Å². The fourth-order valence-electron chi connectivity index (χ4n) is 3.55. The van der Waals surface area contributed by atoms with E-state index in [1.807, 2.05) is 37.3 Å². The lowest BCUT2D eigenvalue weighted by Crippen LogP contribution is -2.24. The Labute approximate surface area is 152 Å². The van der Waals surface area contributed by atoms with Crippen molar-refractivity contribution in [3.8, 4) is 6.07 Å². The highest BCUT2D eigenvalue weighted by atomic mass is 15.3. The third kappa shape index (κ3) is 3.08. The zero-order chi connectivity index (χ0) is 17.9. The zero-order valence-corrected chi connectivity index (χ0v) is 14.9. The number of nitriles is 1. The number of hydrogen-bond acceptors (Lipinski definition) is 5. The number of benzene rings is 1. The fraction of sp³-hybridized carbons (Fsp3) is 0.350. The van der Waals surface area contributed by atoms with E-state index in [1.54, 1.807) is 10.7 Å². The first-order valence-corrected chi connectivity index (χ1v) is 9.13. The molecule has 1 aliphatic rings. The highest BCUT2D eigenvalue weighted by molar-refractivity contribution is 5.80. The van der Waals surface area contributed by atoms with Crippen LogP contribution < -0.4 is 10.6 Å². The van der Waals surface area contributed by atoms with E-state index in [2.05, 4.69) is 26.8 Å². The predicted molar refractivity (Wildman–Crippen MR) is 103 cm³/mol. The Morgan fingerprint density at radius 1 is 1.15 bits per heavy atom. The van der Waals surface area contributed by atoms with E-state index in [-0.39, 0.29) is 0 Å². The minimum Gasteiger partial charge on any atom is -0.366 e. The van der Waals surface area contributed by atoms with Gasteiger partial charge in [0.2, 0.25) is 0 Å². The third-order valence-electron chi connectivity index (χ3n) is 5.00. The van der Waals surface area contributed by atoms with Gasteiger partial charge in [-0.3, -0.25) is 0 Å². The van der Waals surface area contributed by atoms with Gasteiger partial charge < -0.3 is 10.6 Å². The summed E-state index contributed by atoms with van der Waals surface area (Å²) < 4.78 is 1.63. The van der Waals surface area contributed by atoms with Crippen LogP contribution in [0.25, 0.3) is 5.65 Å². The summed E-state index contributed by atoms with van der Waals surface area (Å²) in [7, 11) is 0. The van der Waals surface area contributed by atoms with E-state index in [0.29, 0.717) is 17.4 Å². The Morgan fingerprint density at radius 2 is 1.92 bits per heavy atom. The summed E-state index contributed by atoms with van der Waals surface area (Å²) in [4.78, 5) is 4.42. The molecule has 6 nitrogen and oxygen atoms in total. The molecule has 132 valence electrons. The number of imidazole rings is 1. The molecule has 0 saturated heterocycles. The quantitative estimate of drug-likeness (QED) is 0.732. The highest BCUT2D eigenvalue weighted by Crippen LogP contribution is 2.31. The van der Waals surface area contributed by atoms with Crippen LogP contribution in [0, 0.1) is 18.3 Å². The van der Waals surface area contributed by atoms with Crippen molar-refractivity contribution in [3.63, 3.8) is 0 Å². The standard InChI is InChI=1S/C20H22N6/c1-14-18(23-15-8-4-2-5-9-15)20-22-13-17(12-21)26(20)25-19(14)24-16-10-6-3-7-11-16/h2,4-5,8-9,13,16,23H,3,6-7,10-11H2,1H3,(H,24,25). The molecule has 1 aromatic carbocycles. The maximum absolute atomic E-state index is 9.40. The van der Waals surface area contributed by atoms with Crippen LogP contribution in [0.2, 0.25) is 0 Å². The molecular formula is C20H22N6. The van der Waals surface area contributed by atoms with Crippen LogP contribution in [-0.4, -0.2) is 20.6 Å². The number of aromatic nitrogens is 3. The number of para-hydroxylation sites is 1. The molecule has 2 aromatic heterocycles. The van der Waals surface area contributed by atoms with E-state index in [9.17, 15) is 5.26 Å². The summed E-state index contributed by atoms with van der Waals surface area (Å²) in [6.07, 6.45) is 7.71. The molecule has 1 aliphatic carbocycles. The van der Waals surface area contributed by atoms with Gasteiger partial charge in [-0.05, 0) is 31.9 Å². The van der Waals surface area contributed by atoms with Crippen molar-refractivity contribution in [2.45, 2.75) is 45.1 Å². The second-order valence-corrected chi connectivity index (χ2v) is 6.81. The summed E-state index contributed by atoms with van der Waals surface area (Å²) in [6.45, 7) is 2.05. The average Bonchev–Trinajstić information content (AvgIpc) is 3.09. The Hall–Kier alpha value is -3.07. The van der Waals surface area contributed by atoms with Crippen LogP contribution in [0.4, 0.5) is 17.2 Å². The second kappa shape index (κ2) is 7.04. The summed E-state index contributed by atoms with van der Waals surface area (Å²) in [5.74, 6) is 0.817. The molecular weight excluding hydrogens is 324 g/mol. The lowest BCUT2D eigenvalue weighted by molar-refractivity contribution is 0.461. The van der Waals surface area contributed by atoms with Crippen LogP contribution in [-0.2, 0) is 0 Å². The highest BCUT2D eigenvalue weighted by Gasteiger charge is 2.20. The smallest absolute Gasteiger partial charge is 0.179 e. The molecule has 0 spiro atoms. The number of hydrogen-bond donors (Lipinski definition) is 2. The monoisotopic (exact) mass is 346 g/mol. The number of fused-ring (bicyclic) bond motifs is 1. The summed E-state index contributed by atoms with van der Waals surface area (Å²) in [6, 6.07) is 12.6. The normalized spacial score (nSPS) is 14.9. The van der Waals surface area contributed by atoms with Crippen molar-refractivity contribution in [2.75, 3.05) is 10.6 Å². The van der Waals surface area contributed by atoms with Crippen molar-refractivity contribution in [1.29, 1.82) is 5.26 Å². The van der Waals surface area contributed by atoms with E-state index in [0.717, 1.165) is 35.6 Å². The first-order valence-electron chi connectivity index (χ1n) is 9.13. The molecule has 0 amide bonds. The molecule has 2 heterocycles. The van der Waals surface area contributed by atoms with Gasteiger partial charge in [0.15, 0.2) is 17.2 Å². The number of nitrogens with one attached hydrogen (secondary N) is 2. The molecule has 6 heteroatoms. The topological polar surface area (TPSA) is 78.0 Å². The Morgan fingerprint density at radius 3 is 2.65 bits per heavy atom. The zero-order valence-electron chi connectivity index (χ0n) is 14.9. The van der Waals surface area contributed by atoms with Crippen LogP contribution in [0.3, 0.4) is 0 Å². The van der Waals surface area contributed by atoms with Crippen LogP contribution in [0.5, 0.6) is 0 Å². The lowest BCUT2D eigenvalue weighted by Gasteiger charge is -2.25. The molecule has 0 aliphatic heterocycles.